The largest absolute Gasteiger partial charge is 0.359 e. The number of rotatable bonds is 7. The molecule has 0 radical (unpaired) electrons. The van der Waals surface area contributed by atoms with Crippen molar-refractivity contribution in [1.29, 1.82) is 0 Å². The number of ketones is 1. The first-order chi connectivity index (χ1) is 8.58. The van der Waals surface area contributed by atoms with E-state index in [1.165, 1.54) is 0 Å². The van der Waals surface area contributed by atoms with Crippen molar-refractivity contribution in [3.05, 3.63) is 12.4 Å². The number of carbonyl (C=O) groups excluding carboxylic acids is 1. The van der Waals surface area contributed by atoms with E-state index in [0.29, 0.717) is 13.0 Å². The molecule has 0 unspecified atom stereocenters. The maximum atomic E-state index is 11.0. The molecule has 0 spiro atoms. The first kappa shape index (κ1) is 14.4. The smallest absolute Gasteiger partial charge is 0.134 e. The molecule has 1 rings (SSSR count). The monoisotopic (exact) mass is 250 g/mol. The van der Waals surface area contributed by atoms with Crippen LogP contribution in [0.1, 0.15) is 27.2 Å². The number of anilines is 2. The first-order valence-electron chi connectivity index (χ1n) is 6.36. The van der Waals surface area contributed by atoms with Gasteiger partial charge in [-0.1, -0.05) is 0 Å². The molecule has 0 aliphatic carbocycles. The molecular weight excluding hydrogens is 228 g/mol. The highest BCUT2D eigenvalue weighted by atomic mass is 16.1. The van der Waals surface area contributed by atoms with E-state index in [1.54, 1.807) is 13.3 Å². The van der Waals surface area contributed by atoms with Crippen LogP contribution in [0.2, 0.25) is 0 Å². The second-order valence-electron chi connectivity index (χ2n) is 4.28. The summed E-state index contributed by atoms with van der Waals surface area (Å²) < 4.78 is 0. The molecule has 0 aliphatic heterocycles. The SMILES string of the molecule is CCN(CC)c1cc(N(C)CCC(C)=O)ncn1. The molecule has 0 N–H and O–H groups in total. The van der Waals surface area contributed by atoms with Crippen molar-refractivity contribution in [3.8, 4) is 0 Å². The zero-order chi connectivity index (χ0) is 13.5. The zero-order valence-electron chi connectivity index (χ0n) is 11.7. The molecule has 0 aromatic carbocycles. The summed E-state index contributed by atoms with van der Waals surface area (Å²) in [6.07, 6.45) is 2.12. The molecule has 0 bridgehead atoms. The lowest BCUT2D eigenvalue weighted by atomic mass is 10.3. The molecule has 1 aromatic heterocycles. The topological polar surface area (TPSA) is 49.3 Å². The highest BCUT2D eigenvalue weighted by Gasteiger charge is 2.08. The quantitative estimate of drug-likeness (QED) is 0.737. The van der Waals surface area contributed by atoms with E-state index in [-0.39, 0.29) is 5.78 Å². The standard InChI is InChI=1S/C13H22N4O/c1-5-17(6-2)13-9-12(14-10-15-13)16(4)8-7-11(3)18/h9-10H,5-8H2,1-4H3. The lowest BCUT2D eigenvalue weighted by Gasteiger charge is -2.22. The van der Waals surface area contributed by atoms with Crippen molar-refractivity contribution < 1.29 is 4.79 Å². The number of aromatic nitrogens is 2. The second kappa shape index (κ2) is 6.93. The minimum Gasteiger partial charge on any atom is -0.359 e. The van der Waals surface area contributed by atoms with E-state index >= 15 is 0 Å². The third-order valence-electron chi connectivity index (χ3n) is 2.92. The van der Waals surface area contributed by atoms with E-state index in [2.05, 4.69) is 28.7 Å². The van der Waals surface area contributed by atoms with E-state index in [0.717, 1.165) is 24.7 Å². The van der Waals surface area contributed by atoms with E-state index in [1.807, 2.05) is 18.0 Å². The van der Waals surface area contributed by atoms with Gasteiger partial charge in [0.15, 0.2) is 0 Å². The maximum Gasteiger partial charge on any atom is 0.134 e. The van der Waals surface area contributed by atoms with Crippen LogP contribution in [-0.4, -0.2) is 42.4 Å². The Morgan fingerprint density at radius 2 is 1.83 bits per heavy atom. The highest BCUT2D eigenvalue weighted by Crippen LogP contribution is 2.16. The van der Waals surface area contributed by atoms with Gasteiger partial charge in [-0.05, 0) is 20.8 Å². The van der Waals surface area contributed by atoms with Gasteiger partial charge >= 0.3 is 0 Å². The number of carbonyl (C=O) groups is 1. The zero-order valence-corrected chi connectivity index (χ0v) is 11.7. The Balaban J connectivity index is 2.77. The molecule has 5 heteroatoms. The van der Waals surface area contributed by atoms with E-state index in [9.17, 15) is 4.79 Å². The lowest BCUT2D eigenvalue weighted by Crippen LogP contribution is -2.25. The summed E-state index contributed by atoms with van der Waals surface area (Å²) in [5.74, 6) is 1.98. The lowest BCUT2D eigenvalue weighted by molar-refractivity contribution is -0.116. The maximum absolute atomic E-state index is 11.0. The van der Waals surface area contributed by atoms with Crippen molar-refractivity contribution in [3.63, 3.8) is 0 Å². The average molecular weight is 250 g/mol. The molecule has 0 atom stereocenters. The molecule has 0 saturated carbocycles. The number of nitrogens with zero attached hydrogens (tertiary/aromatic N) is 4. The van der Waals surface area contributed by atoms with Gasteiger partial charge in [0.05, 0.1) is 0 Å². The first-order valence-corrected chi connectivity index (χ1v) is 6.36. The van der Waals surface area contributed by atoms with Crippen molar-refractivity contribution in [2.45, 2.75) is 27.2 Å². The van der Waals surface area contributed by atoms with Crippen molar-refractivity contribution in [2.24, 2.45) is 0 Å². The number of Topliss-reactive ketones (excluding diaryl/α,β-unsaturated/α-hetero) is 1. The van der Waals surface area contributed by atoms with Crippen molar-refractivity contribution in [2.75, 3.05) is 36.5 Å². The number of hydrogen-bond donors (Lipinski definition) is 0. The summed E-state index contributed by atoms with van der Waals surface area (Å²) in [5.41, 5.74) is 0. The summed E-state index contributed by atoms with van der Waals surface area (Å²) in [6, 6.07) is 1.97. The van der Waals surface area contributed by atoms with Crippen LogP contribution in [0.4, 0.5) is 11.6 Å². The van der Waals surface area contributed by atoms with Crippen LogP contribution in [0.3, 0.4) is 0 Å². The Morgan fingerprint density at radius 3 is 2.39 bits per heavy atom. The van der Waals surface area contributed by atoms with Crippen molar-refractivity contribution in [1.82, 2.24) is 9.97 Å². The molecule has 0 aliphatic rings. The van der Waals surface area contributed by atoms with Crippen LogP contribution in [0, 0.1) is 0 Å². The summed E-state index contributed by atoms with van der Waals surface area (Å²) in [4.78, 5) is 23.7. The molecule has 0 saturated heterocycles. The summed E-state index contributed by atoms with van der Waals surface area (Å²) in [5, 5.41) is 0. The fourth-order valence-corrected chi connectivity index (χ4v) is 1.71. The van der Waals surface area contributed by atoms with Crippen LogP contribution >= 0.6 is 0 Å². The summed E-state index contributed by atoms with van der Waals surface area (Å²) >= 11 is 0. The van der Waals surface area contributed by atoms with Gasteiger partial charge in [-0.2, -0.15) is 0 Å². The van der Waals surface area contributed by atoms with Gasteiger partial charge in [0.25, 0.3) is 0 Å². The van der Waals surface area contributed by atoms with Crippen LogP contribution in [0.15, 0.2) is 12.4 Å². The fourth-order valence-electron chi connectivity index (χ4n) is 1.71. The van der Waals surface area contributed by atoms with Crippen LogP contribution in [0.25, 0.3) is 0 Å². The molecule has 0 amide bonds. The fraction of sp³-hybridized carbons (Fsp3) is 0.615. The Bertz CT molecular complexity index is 390. The molecule has 1 heterocycles. The summed E-state index contributed by atoms with van der Waals surface area (Å²) in [6.45, 7) is 8.34. The third-order valence-corrected chi connectivity index (χ3v) is 2.92. The van der Waals surface area contributed by atoms with E-state index in [4.69, 9.17) is 0 Å². The predicted octanol–water partition coefficient (Wildman–Crippen LogP) is 1.74. The van der Waals surface area contributed by atoms with Crippen molar-refractivity contribution >= 4 is 17.4 Å². The molecule has 100 valence electrons. The molecule has 5 nitrogen and oxygen atoms in total. The molecule has 18 heavy (non-hydrogen) atoms. The Kier molecular flexibility index (Phi) is 5.55. The van der Waals surface area contributed by atoms with Crippen LogP contribution in [-0.2, 0) is 4.79 Å². The van der Waals surface area contributed by atoms with Gasteiger partial charge in [-0.25, -0.2) is 9.97 Å². The predicted molar refractivity (Wildman–Crippen MR) is 74.2 cm³/mol. The molecule has 1 aromatic rings. The van der Waals surface area contributed by atoms with Gasteiger partial charge in [0, 0.05) is 39.2 Å². The van der Waals surface area contributed by atoms with Crippen LogP contribution < -0.4 is 9.80 Å². The molecular formula is C13H22N4O. The second-order valence-corrected chi connectivity index (χ2v) is 4.28. The molecule has 0 fully saturated rings. The third kappa shape index (κ3) is 3.98. The number of hydrogen-bond acceptors (Lipinski definition) is 5. The Morgan fingerprint density at radius 1 is 1.22 bits per heavy atom. The Labute approximate surface area is 109 Å². The van der Waals surface area contributed by atoms with Gasteiger partial charge in [0.1, 0.15) is 23.7 Å². The summed E-state index contributed by atoms with van der Waals surface area (Å²) in [7, 11) is 1.94. The minimum absolute atomic E-state index is 0.194. The van der Waals surface area contributed by atoms with E-state index < -0.39 is 0 Å². The Hall–Kier alpha value is -1.65. The highest BCUT2D eigenvalue weighted by molar-refractivity contribution is 5.76. The van der Waals surface area contributed by atoms with Crippen LogP contribution in [0.5, 0.6) is 0 Å². The normalized spacial score (nSPS) is 10.2. The van der Waals surface area contributed by atoms with Gasteiger partial charge < -0.3 is 9.80 Å². The van der Waals surface area contributed by atoms with Gasteiger partial charge in [-0.15, -0.1) is 0 Å². The minimum atomic E-state index is 0.194. The van der Waals surface area contributed by atoms with Gasteiger partial charge in [0.2, 0.25) is 0 Å². The van der Waals surface area contributed by atoms with Gasteiger partial charge in [-0.3, -0.25) is 4.79 Å². The average Bonchev–Trinajstić information content (AvgIpc) is 2.38.